The molecule has 8 heteroatoms. The molecule has 0 amide bonds. The van der Waals surface area contributed by atoms with Gasteiger partial charge in [0.15, 0.2) is 5.78 Å². The second-order valence-corrected chi connectivity index (χ2v) is 8.78. The number of halogens is 1. The molecule has 0 atom stereocenters. The van der Waals surface area contributed by atoms with Crippen LogP contribution in [0, 0.1) is 0 Å². The highest BCUT2D eigenvalue weighted by Gasteiger charge is 2.16. The molecule has 0 saturated carbocycles. The van der Waals surface area contributed by atoms with Crippen molar-refractivity contribution in [2.24, 2.45) is 0 Å². The predicted molar refractivity (Wildman–Crippen MR) is 121 cm³/mol. The van der Waals surface area contributed by atoms with Crippen LogP contribution >= 0.6 is 15.9 Å². The van der Waals surface area contributed by atoms with Gasteiger partial charge in [0.1, 0.15) is 22.1 Å². The third-order valence-electron chi connectivity index (χ3n) is 4.30. The van der Waals surface area contributed by atoms with Crippen LogP contribution in [0.4, 0.5) is 0 Å². The maximum absolute atomic E-state index is 12.5. The lowest BCUT2D eigenvalue weighted by atomic mass is 10.1. The molecule has 0 saturated heterocycles. The molecular weight excluding hydrogens is 484 g/mol. The van der Waals surface area contributed by atoms with Gasteiger partial charge in [0.25, 0.3) is 0 Å². The lowest BCUT2D eigenvalue weighted by molar-refractivity contribution is 0.104. The zero-order valence-electron chi connectivity index (χ0n) is 16.7. The number of rotatable bonds is 8. The van der Waals surface area contributed by atoms with Crippen LogP contribution in [-0.4, -0.2) is 28.4 Å². The number of ketones is 1. The smallest absolute Gasteiger partial charge is 0.339 e. The summed E-state index contributed by atoms with van der Waals surface area (Å²) in [6, 6.07) is 17.3. The van der Waals surface area contributed by atoms with Gasteiger partial charge in [0.2, 0.25) is 0 Å². The van der Waals surface area contributed by atoms with Crippen LogP contribution in [0.2, 0.25) is 0 Å². The van der Waals surface area contributed by atoms with E-state index in [0.717, 1.165) is 10.0 Å². The van der Waals surface area contributed by atoms with Crippen molar-refractivity contribution in [1.82, 2.24) is 0 Å². The molecule has 0 aliphatic rings. The average Bonchev–Trinajstić information content (AvgIpc) is 2.77. The lowest BCUT2D eigenvalue weighted by Gasteiger charge is -2.08. The average molecular weight is 503 g/mol. The molecule has 0 aliphatic carbocycles. The van der Waals surface area contributed by atoms with E-state index in [1.807, 2.05) is 0 Å². The van der Waals surface area contributed by atoms with Gasteiger partial charge in [-0.3, -0.25) is 4.79 Å². The van der Waals surface area contributed by atoms with Crippen LogP contribution in [0.25, 0.3) is 6.08 Å². The van der Waals surface area contributed by atoms with E-state index >= 15 is 0 Å². The van der Waals surface area contributed by atoms with E-state index in [9.17, 15) is 13.2 Å². The molecule has 0 bridgehead atoms. The first-order valence-electron chi connectivity index (χ1n) is 9.07. The fourth-order valence-corrected chi connectivity index (χ4v) is 3.86. The number of ether oxygens (including phenoxy) is 2. The van der Waals surface area contributed by atoms with Gasteiger partial charge < -0.3 is 13.7 Å². The molecule has 0 radical (unpaired) electrons. The molecule has 0 aromatic heterocycles. The minimum Gasteiger partial charge on any atom is -0.497 e. The quantitative estimate of drug-likeness (QED) is 0.241. The van der Waals surface area contributed by atoms with Crippen LogP contribution in [-0.2, 0) is 10.1 Å². The summed E-state index contributed by atoms with van der Waals surface area (Å²) >= 11 is 3.26. The molecule has 0 unspecified atom stereocenters. The summed E-state index contributed by atoms with van der Waals surface area (Å²) in [5, 5.41) is 0. The second-order valence-electron chi connectivity index (χ2n) is 6.32. The summed E-state index contributed by atoms with van der Waals surface area (Å²) < 4.78 is 41.1. The Kier molecular flexibility index (Phi) is 7.14. The summed E-state index contributed by atoms with van der Waals surface area (Å²) in [7, 11) is -0.869. The summed E-state index contributed by atoms with van der Waals surface area (Å²) in [5.41, 5.74) is 1.11. The molecular formula is C23H19BrO6S. The second kappa shape index (κ2) is 9.80. The summed E-state index contributed by atoms with van der Waals surface area (Å²) in [6.07, 6.45) is 3.06. The zero-order valence-corrected chi connectivity index (χ0v) is 19.1. The van der Waals surface area contributed by atoms with E-state index in [1.54, 1.807) is 43.5 Å². The van der Waals surface area contributed by atoms with Crippen LogP contribution in [0.1, 0.15) is 15.9 Å². The minimum absolute atomic E-state index is 0.0345. The van der Waals surface area contributed by atoms with Crippen molar-refractivity contribution in [2.75, 3.05) is 14.2 Å². The molecule has 0 spiro atoms. The number of methoxy groups -OCH3 is 2. The molecule has 3 aromatic carbocycles. The molecule has 31 heavy (non-hydrogen) atoms. The van der Waals surface area contributed by atoms with Gasteiger partial charge in [-0.05, 0) is 72.8 Å². The van der Waals surface area contributed by atoms with Crippen LogP contribution in [0.3, 0.4) is 0 Å². The van der Waals surface area contributed by atoms with Gasteiger partial charge in [-0.15, -0.1) is 0 Å². The van der Waals surface area contributed by atoms with Crippen molar-refractivity contribution in [3.8, 4) is 17.2 Å². The number of benzene rings is 3. The fourth-order valence-electron chi connectivity index (χ4n) is 2.67. The number of allylic oxidation sites excluding steroid dienone is 1. The summed E-state index contributed by atoms with van der Waals surface area (Å²) in [6.45, 7) is 0. The van der Waals surface area contributed by atoms with Gasteiger partial charge >= 0.3 is 10.1 Å². The third kappa shape index (κ3) is 5.74. The molecule has 0 heterocycles. The van der Waals surface area contributed by atoms with E-state index in [2.05, 4.69) is 15.9 Å². The van der Waals surface area contributed by atoms with E-state index in [-0.39, 0.29) is 16.4 Å². The Morgan fingerprint density at radius 3 is 2.13 bits per heavy atom. The Bertz CT molecular complexity index is 1200. The molecule has 160 valence electrons. The molecule has 6 nitrogen and oxygen atoms in total. The third-order valence-corrected chi connectivity index (χ3v) is 6.09. The van der Waals surface area contributed by atoms with Crippen LogP contribution in [0.15, 0.2) is 82.2 Å². The van der Waals surface area contributed by atoms with Crippen molar-refractivity contribution in [3.05, 3.63) is 88.4 Å². The molecule has 0 fully saturated rings. The monoisotopic (exact) mass is 502 g/mol. The topological polar surface area (TPSA) is 78.9 Å². The number of carbonyl (C=O) groups is 1. The zero-order chi connectivity index (χ0) is 22.4. The first-order valence-corrected chi connectivity index (χ1v) is 11.3. The maximum atomic E-state index is 12.5. The highest BCUT2D eigenvalue weighted by atomic mass is 79.9. The molecule has 0 aliphatic heterocycles. The number of hydrogen-bond acceptors (Lipinski definition) is 6. The van der Waals surface area contributed by atoms with Gasteiger partial charge in [-0.25, -0.2) is 0 Å². The standard InChI is InChI=1S/C23H19BrO6S/c1-28-20-11-5-17(23(15-20)29-2)6-14-22(25)16-3-9-19(10-4-16)30-31(26,27)21-12-7-18(24)8-13-21/h3-15H,1-2H3/b14-6+. The van der Waals surface area contributed by atoms with Crippen molar-refractivity contribution in [2.45, 2.75) is 4.90 Å². The van der Waals surface area contributed by atoms with Gasteiger partial charge in [0, 0.05) is 21.7 Å². The van der Waals surface area contributed by atoms with Gasteiger partial charge in [-0.2, -0.15) is 8.42 Å². The first-order chi connectivity index (χ1) is 14.8. The van der Waals surface area contributed by atoms with Gasteiger partial charge in [-0.1, -0.05) is 15.9 Å². The van der Waals surface area contributed by atoms with E-state index in [4.69, 9.17) is 13.7 Å². The summed E-state index contributed by atoms with van der Waals surface area (Å²) in [4.78, 5) is 12.5. The van der Waals surface area contributed by atoms with Crippen molar-refractivity contribution in [3.63, 3.8) is 0 Å². The summed E-state index contributed by atoms with van der Waals surface area (Å²) in [5.74, 6) is 1.08. The SMILES string of the molecule is COc1ccc(/C=C/C(=O)c2ccc(OS(=O)(=O)c3ccc(Br)cc3)cc2)c(OC)c1. The van der Waals surface area contributed by atoms with Crippen LogP contribution < -0.4 is 13.7 Å². The van der Waals surface area contributed by atoms with Crippen LogP contribution in [0.5, 0.6) is 17.2 Å². The van der Waals surface area contributed by atoms with Crippen molar-refractivity contribution < 1.29 is 26.9 Å². The minimum atomic E-state index is -3.97. The first kappa shape index (κ1) is 22.6. The van der Waals surface area contributed by atoms with Gasteiger partial charge in [0.05, 0.1) is 14.2 Å². The Labute approximate surface area is 189 Å². The maximum Gasteiger partial charge on any atom is 0.339 e. The Morgan fingerprint density at radius 2 is 1.52 bits per heavy atom. The Morgan fingerprint density at radius 1 is 0.871 bits per heavy atom. The molecule has 0 N–H and O–H groups in total. The van der Waals surface area contributed by atoms with Crippen molar-refractivity contribution >= 4 is 37.9 Å². The lowest BCUT2D eigenvalue weighted by Crippen LogP contribution is -2.09. The normalized spacial score (nSPS) is 11.3. The van der Waals surface area contributed by atoms with E-state index < -0.39 is 10.1 Å². The van der Waals surface area contributed by atoms with E-state index in [0.29, 0.717) is 17.1 Å². The molecule has 3 rings (SSSR count). The fraction of sp³-hybridized carbons (Fsp3) is 0.0870. The highest BCUT2D eigenvalue weighted by Crippen LogP contribution is 2.26. The number of carbonyl (C=O) groups excluding carboxylic acids is 1. The van der Waals surface area contributed by atoms with Crippen molar-refractivity contribution in [1.29, 1.82) is 0 Å². The number of hydrogen-bond donors (Lipinski definition) is 0. The Balaban J connectivity index is 1.72. The van der Waals surface area contributed by atoms with E-state index in [1.165, 1.54) is 49.6 Å². The highest BCUT2D eigenvalue weighted by molar-refractivity contribution is 9.10. The molecule has 3 aromatic rings. The Hall–Kier alpha value is -3.10. The predicted octanol–water partition coefficient (Wildman–Crippen LogP) is 5.13. The largest absolute Gasteiger partial charge is 0.497 e.